The van der Waals surface area contributed by atoms with Crippen LogP contribution in [0.25, 0.3) is 11.1 Å². The molecule has 1 heterocycles. The van der Waals surface area contributed by atoms with Crippen LogP contribution in [0.3, 0.4) is 0 Å². The highest BCUT2D eigenvalue weighted by Crippen LogP contribution is 2.40. The van der Waals surface area contributed by atoms with Gasteiger partial charge in [0.1, 0.15) is 10.6 Å². The van der Waals surface area contributed by atoms with Crippen LogP contribution in [0.1, 0.15) is 15.2 Å². The summed E-state index contributed by atoms with van der Waals surface area (Å²) in [7, 11) is 1.36. The molecular weight excluding hydrogens is 435 g/mol. The third kappa shape index (κ3) is 4.47. The number of thiocarbonyl (C=S) groups is 1. The van der Waals surface area contributed by atoms with E-state index in [0.717, 1.165) is 16.0 Å². The number of carbonyl (C=O) groups is 1. The lowest BCUT2D eigenvalue weighted by atomic mass is 10.0. The van der Waals surface area contributed by atoms with Crippen molar-refractivity contribution in [2.24, 2.45) is 0 Å². The van der Waals surface area contributed by atoms with E-state index in [0.29, 0.717) is 26.3 Å². The summed E-state index contributed by atoms with van der Waals surface area (Å²) in [4.78, 5) is 13.5. The molecule has 0 aliphatic rings. The van der Waals surface area contributed by atoms with Gasteiger partial charge in [0, 0.05) is 15.5 Å². The van der Waals surface area contributed by atoms with Crippen LogP contribution in [0.2, 0.25) is 10.0 Å². The van der Waals surface area contributed by atoms with Crippen molar-refractivity contribution < 1.29 is 9.53 Å². The lowest BCUT2D eigenvalue weighted by Crippen LogP contribution is -2.20. The molecule has 0 unspecified atom stereocenters. The fraction of sp³-hybridized carbons (Fsp3) is 0.100. The fourth-order valence-corrected chi connectivity index (χ4v) is 4.41. The van der Waals surface area contributed by atoms with Gasteiger partial charge in [-0.15, -0.1) is 11.3 Å². The molecule has 144 valence electrons. The van der Waals surface area contributed by atoms with E-state index in [9.17, 15) is 4.79 Å². The number of rotatable bonds is 4. The molecule has 2 N–H and O–H groups in total. The molecule has 0 fully saturated rings. The molecule has 2 aromatic carbocycles. The summed E-state index contributed by atoms with van der Waals surface area (Å²) in [5, 5.41) is 7.99. The second kappa shape index (κ2) is 8.92. The van der Waals surface area contributed by atoms with Crippen LogP contribution in [0.5, 0.6) is 0 Å². The average Bonchev–Trinajstić information content (AvgIpc) is 3.00. The molecule has 0 aliphatic heterocycles. The summed E-state index contributed by atoms with van der Waals surface area (Å²) < 4.78 is 5.01. The Morgan fingerprint density at radius 3 is 2.50 bits per heavy atom. The summed E-state index contributed by atoms with van der Waals surface area (Å²) in [6.07, 6.45) is 0. The van der Waals surface area contributed by atoms with Gasteiger partial charge in [-0.3, -0.25) is 0 Å². The largest absolute Gasteiger partial charge is 0.465 e. The van der Waals surface area contributed by atoms with Crippen molar-refractivity contribution in [3.8, 4) is 11.1 Å². The van der Waals surface area contributed by atoms with Crippen LogP contribution in [0.15, 0.2) is 48.5 Å². The standard InChI is InChI=1S/C20H16Cl2N2O2S2/c1-11-16(12-6-4-3-5-7-12)17(19(25)26-2)18(28-11)24-20(27)23-15-10-13(21)8-9-14(15)22/h3-10H,1-2H3,(H2,23,24,27). The number of halogens is 2. The number of anilines is 2. The van der Waals surface area contributed by atoms with E-state index in [1.807, 2.05) is 37.3 Å². The van der Waals surface area contributed by atoms with Gasteiger partial charge in [-0.05, 0) is 42.9 Å². The van der Waals surface area contributed by atoms with Crippen LogP contribution < -0.4 is 10.6 Å². The summed E-state index contributed by atoms with van der Waals surface area (Å²) in [5.41, 5.74) is 2.77. The van der Waals surface area contributed by atoms with Gasteiger partial charge in [-0.1, -0.05) is 53.5 Å². The molecule has 8 heteroatoms. The van der Waals surface area contributed by atoms with Crippen molar-refractivity contribution in [1.29, 1.82) is 0 Å². The maximum atomic E-state index is 12.5. The second-order valence-electron chi connectivity index (χ2n) is 5.80. The maximum absolute atomic E-state index is 12.5. The van der Waals surface area contributed by atoms with E-state index in [1.165, 1.54) is 18.4 Å². The number of aryl methyl sites for hydroxylation is 1. The first kappa shape index (κ1) is 20.6. The van der Waals surface area contributed by atoms with Gasteiger partial charge >= 0.3 is 5.97 Å². The van der Waals surface area contributed by atoms with E-state index in [-0.39, 0.29) is 5.11 Å². The molecular formula is C20H16Cl2N2O2S2. The lowest BCUT2D eigenvalue weighted by Gasteiger charge is -2.12. The Balaban J connectivity index is 1.94. The van der Waals surface area contributed by atoms with Crippen LogP contribution >= 0.6 is 46.8 Å². The number of hydrogen-bond donors (Lipinski definition) is 2. The predicted molar refractivity (Wildman–Crippen MR) is 122 cm³/mol. The Hall–Kier alpha value is -2.12. The molecule has 0 aliphatic carbocycles. The molecule has 0 amide bonds. The highest BCUT2D eigenvalue weighted by molar-refractivity contribution is 7.80. The van der Waals surface area contributed by atoms with E-state index in [4.69, 9.17) is 40.2 Å². The molecule has 4 nitrogen and oxygen atoms in total. The number of esters is 1. The molecule has 0 saturated carbocycles. The summed E-state index contributed by atoms with van der Waals surface area (Å²) >= 11 is 19.0. The molecule has 0 saturated heterocycles. The van der Waals surface area contributed by atoms with Crippen molar-refractivity contribution in [2.45, 2.75) is 6.92 Å². The Kier molecular flexibility index (Phi) is 6.57. The minimum Gasteiger partial charge on any atom is -0.465 e. The van der Waals surface area contributed by atoms with Crippen LogP contribution in [0, 0.1) is 6.92 Å². The van der Waals surface area contributed by atoms with E-state index >= 15 is 0 Å². The van der Waals surface area contributed by atoms with Gasteiger partial charge in [0.2, 0.25) is 0 Å². The van der Waals surface area contributed by atoms with Crippen molar-refractivity contribution >= 4 is 68.5 Å². The van der Waals surface area contributed by atoms with Gasteiger partial charge in [-0.25, -0.2) is 4.79 Å². The minimum atomic E-state index is -0.436. The topological polar surface area (TPSA) is 50.4 Å². The Labute approximate surface area is 182 Å². The van der Waals surface area contributed by atoms with Gasteiger partial charge < -0.3 is 15.4 Å². The van der Waals surface area contributed by atoms with Crippen molar-refractivity contribution in [2.75, 3.05) is 17.7 Å². The van der Waals surface area contributed by atoms with Crippen LogP contribution in [-0.2, 0) is 4.74 Å². The lowest BCUT2D eigenvalue weighted by molar-refractivity contribution is 0.0603. The van der Waals surface area contributed by atoms with Gasteiger partial charge in [0.15, 0.2) is 5.11 Å². The van der Waals surface area contributed by atoms with Gasteiger partial charge in [-0.2, -0.15) is 0 Å². The van der Waals surface area contributed by atoms with Crippen molar-refractivity contribution in [3.63, 3.8) is 0 Å². The molecule has 0 spiro atoms. The average molecular weight is 451 g/mol. The zero-order chi connectivity index (χ0) is 20.3. The zero-order valence-electron chi connectivity index (χ0n) is 15.0. The first-order valence-electron chi connectivity index (χ1n) is 8.21. The number of nitrogens with one attached hydrogen (secondary N) is 2. The first-order chi connectivity index (χ1) is 13.4. The minimum absolute atomic E-state index is 0.287. The van der Waals surface area contributed by atoms with Crippen LogP contribution in [0.4, 0.5) is 10.7 Å². The molecule has 0 bridgehead atoms. The third-order valence-electron chi connectivity index (χ3n) is 3.94. The van der Waals surface area contributed by atoms with E-state index in [2.05, 4.69) is 10.6 Å². The monoisotopic (exact) mass is 450 g/mol. The number of thiophene rings is 1. The van der Waals surface area contributed by atoms with Gasteiger partial charge in [0.05, 0.1) is 17.8 Å². The number of hydrogen-bond acceptors (Lipinski definition) is 4. The molecule has 0 atom stereocenters. The second-order valence-corrected chi connectivity index (χ2v) is 8.27. The number of ether oxygens (including phenoxy) is 1. The summed E-state index contributed by atoms with van der Waals surface area (Å²) in [6.45, 7) is 1.95. The van der Waals surface area contributed by atoms with Crippen molar-refractivity contribution in [1.82, 2.24) is 0 Å². The highest BCUT2D eigenvalue weighted by atomic mass is 35.5. The molecule has 0 radical (unpaired) electrons. The number of methoxy groups -OCH3 is 1. The SMILES string of the molecule is COC(=O)c1c(NC(=S)Nc2cc(Cl)ccc2Cl)sc(C)c1-c1ccccc1. The Morgan fingerprint density at radius 1 is 1.11 bits per heavy atom. The number of carbonyl (C=O) groups excluding carboxylic acids is 1. The van der Waals surface area contributed by atoms with Crippen molar-refractivity contribution in [3.05, 3.63) is 69.0 Å². The summed E-state index contributed by atoms with van der Waals surface area (Å²) in [6, 6.07) is 14.7. The Bertz CT molecular complexity index is 1040. The smallest absolute Gasteiger partial charge is 0.341 e. The predicted octanol–water partition coefficient (Wildman–Crippen LogP) is 6.63. The fourth-order valence-electron chi connectivity index (χ4n) is 2.73. The third-order valence-corrected chi connectivity index (χ3v) is 5.73. The normalized spacial score (nSPS) is 10.4. The maximum Gasteiger partial charge on any atom is 0.341 e. The number of benzene rings is 2. The molecule has 3 rings (SSSR count). The summed E-state index contributed by atoms with van der Waals surface area (Å²) in [5.74, 6) is -0.436. The van der Waals surface area contributed by atoms with Crippen LogP contribution in [-0.4, -0.2) is 18.2 Å². The first-order valence-corrected chi connectivity index (χ1v) is 10.2. The molecule has 28 heavy (non-hydrogen) atoms. The van der Waals surface area contributed by atoms with E-state index < -0.39 is 5.97 Å². The molecule has 3 aromatic rings. The Morgan fingerprint density at radius 2 is 1.82 bits per heavy atom. The quantitative estimate of drug-likeness (QED) is 0.345. The molecule has 1 aromatic heterocycles. The highest BCUT2D eigenvalue weighted by Gasteiger charge is 2.24. The van der Waals surface area contributed by atoms with Gasteiger partial charge in [0.25, 0.3) is 0 Å². The zero-order valence-corrected chi connectivity index (χ0v) is 18.2. The van der Waals surface area contributed by atoms with E-state index in [1.54, 1.807) is 18.2 Å².